The van der Waals surface area contributed by atoms with Gasteiger partial charge in [-0.2, -0.15) is 0 Å². The molecule has 1 aliphatic rings. The van der Waals surface area contributed by atoms with Crippen LogP contribution in [0.3, 0.4) is 0 Å². The van der Waals surface area contributed by atoms with Crippen LogP contribution in [0.1, 0.15) is 20.3 Å². The van der Waals surface area contributed by atoms with Gasteiger partial charge in [-0.3, -0.25) is 14.4 Å². The van der Waals surface area contributed by atoms with Crippen LogP contribution in [-0.2, 0) is 33.4 Å². The number of carbonyl (C=O) groups excluding carboxylic acids is 3. The molecule has 13 heteroatoms. The van der Waals surface area contributed by atoms with Crippen molar-refractivity contribution >= 4 is 23.8 Å². The molecule has 1 amide bonds. The van der Waals surface area contributed by atoms with Crippen molar-refractivity contribution in [2.45, 2.75) is 56.5 Å². The molecule has 0 aromatic carbocycles. The quantitative estimate of drug-likeness (QED) is 0.214. The molecule has 1 saturated heterocycles. The highest BCUT2D eigenvalue weighted by Crippen LogP contribution is 2.31. The fraction of sp³-hybridized carbons (Fsp3) is 0.733. The largest absolute Gasteiger partial charge is 0.477 e. The highest BCUT2D eigenvalue weighted by Gasteiger charge is 2.54. The Balaban J connectivity index is 3.20. The number of aliphatic hydroxyl groups is 4. The number of hydrogen-bond donors (Lipinski definition) is 6. The lowest BCUT2D eigenvalue weighted by atomic mass is 9.88. The molecule has 0 aliphatic carbocycles. The van der Waals surface area contributed by atoms with Crippen LogP contribution in [-0.4, -0.2) is 98.8 Å². The van der Waals surface area contributed by atoms with Crippen molar-refractivity contribution in [3.05, 3.63) is 0 Å². The molecule has 160 valence electrons. The average molecular weight is 409 g/mol. The van der Waals surface area contributed by atoms with E-state index in [0.717, 1.165) is 13.8 Å². The van der Waals surface area contributed by atoms with E-state index in [9.17, 15) is 34.5 Å². The molecular formula is C15H23NO12. The van der Waals surface area contributed by atoms with Gasteiger partial charge in [0.15, 0.2) is 6.10 Å². The molecule has 0 spiro atoms. The Morgan fingerprint density at radius 1 is 1.25 bits per heavy atom. The smallest absolute Gasteiger partial charge is 0.364 e. The standard InChI is InChI=1S/C15H23NO12/c1-6(18)26-5-9(27-7(2)19)12(22)13-11(16-10(21)4-17)8(20)3-15(25,28-13)14(23)24/h8-9,11-13,17,20,22,25H,3-5H2,1-2H3,(H,16,21)(H,23,24)/t8-,9?,11+,12?,13+,15?/m0/s1. The van der Waals surface area contributed by atoms with Gasteiger partial charge in [0.2, 0.25) is 5.91 Å². The molecule has 0 saturated carbocycles. The Kier molecular flexibility index (Phi) is 8.26. The van der Waals surface area contributed by atoms with Crippen LogP contribution in [0.15, 0.2) is 0 Å². The minimum Gasteiger partial charge on any atom is -0.477 e. The van der Waals surface area contributed by atoms with E-state index < -0.39 is 79.7 Å². The van der Waals surface area contributed by atoms with E-state index in [2.05, 4.69) is 10.1 Å². The van der Waals surface area contributed by atoms with Gasteiger partial charge in [0, 0.05) is 20.3 Å². The first kappa shape index (κ1) is 23.7. The van der Waals surface area contributed by atoms with Crippen molar-refractivity contribution in [1.82, 2.24) is 5.32 Å². The number of carboxylic acid groups (broad SMARTS) is 1. The van der Waals surface area contributed by atoms with Crippen LogP contribution in [0.25, 0.3) is 0 Å². The maximum Gasteiger partial charge on any atom is 0.364 e. The Hall–Kier alpha value is -2.32. The number of amides is 1. The second kappa shape index (κ2) is 9.75. The first-order valence-electron chi connectivity index (χ1n) is 8.11. The number of aliphatic hydroxyl groups excluding tert-OH is 3. The molecule has 3 unspecified atom stereocenters. The summed E-state index contributed by atoms with van der Waals surface area (Å²) in [4.78, 5) is 45.1. The predicted octanol–water partition coefficient (Wildman–Crippen LogP) is -3.76. The Labute approximate surface area is 158 Å². The maximum atomic E-state index is 11.5. The zero-order valence-corrected chi connectivity index (χ0v) is 15.1. The summed E-state index contributed by atoms with van der Waals surface area (Å²) in [5.74, 6) is -7.46. The third kappa shape index (κ3) is 6.10. The highest BCUT2D eigenvalue weighted by atomic mass is 16.7. The van der Waals surface area contributed by atoms with Gasteiger partial charge in [0.05, 0.1) is 12.1 Å². The van der Waals surface area contributed by atoms with Gasteiger partial charge in [0.25, 0.3) is 5.79 Å². The van der Waals surface area contributed by atoms with Crippen molar-refractivity contribution in [3.8, 4) is 0 Å². The summed E-state index contributed by atoms with van der Waals surface area (Å²) in [5.41, 5.74) is 0. The molecule has 1 aliphatic heterocycles. The van der Waals surface area contributed by atoms with Crippen LogP contribution in [0, 0.1) is 0 Å². The van der Waals surface area contributed by atoms with E-state index in [4.69, 9.17) is 19.7 Å². The Bertz CT molecular complexity index is 610. The van der Waals surface area contributed by atoms with Gasteiger partial charge in [-0.05, 0) is 0 Å². The summed E-state index contributed by atoms with van der Waals surface area (Å²) in [6.07, 6.45) is -7.95. The number of ether oxygens (including phenoxy) is 3. The predicted molar refractivity (Wildman–Crippen MR) is 85.3 cm³/mol. The number of aliphatic carboxylic acids is 1. The molecule has 1 rings (SSSR count). The molecule has 6 N–H and O–H groups in total. The second-order valence-electron chi connectivity index (χ2n) is 6.14. The summed E-state index contributed by atoms with van der Waals surface area (Å²) in [6.45, 7) is 0.391. The fourth-order valence-corrected chi connectivity index (χ4v) is 2.63. The van der Waals surface area contributed by atoms with Crippen molar-refractivity contribution in [1.29, 1.82) is 0 Å². The topological polar surface area (TPSA) is 209 Å². The molecule has 0 aromatic heterocycles. The van der Waals surface area contributed by atoms with Crippen molar-refractivity contribution in [2.75, 3.05) is 13.2 Å². The van der Waals surface area contributed by atoms with Crippen LogP contribution in [0.4, 0.5) is 0 Å². The van der Waals surface area contributed by atoms with Gasteiger partial charge >= 0.3 is 17.9 Å². The molecule has 6 atom stereocenters. The minimum absolute atomic E-state index is 0.655. The number of hydrogen-bond acceptors (Lipinski definition) is 11. The first-order chi connectivity index (χ1) is 12.9. The van der Waals surface area contributed by atoms with Gasteiger partial charge in [-0.25, -0.2) is 4.79 Å². The van der Waals surface area contributed by atoms with Crippen LogP contribution < -0.4 is 5.32 Å². The summed E-state index contributed by atoms with van der Waals surface area (Å²) >= 11 is 0. The molecule has 0 radical (unpaired) electrons. The van der Waals surface area contributed by atoms with E-state index in [-0.39, 0.29) is 0 Å². The highest BCUT2D eigenvalue weighted by molar-refractivity contribution is 5.78. The molecule has 0 aromatic rings. The number of rotatable bonds is 8. The summed E-state index contributed by atoms with van der Waals surface area (Å²) in [5, 5.41) is 51.0. The van der Waals surface area contributed by atoms with Gasteiger partial charge in [0.1, 0.15) is 25.4 Å². The molecule has 28 heavy (non-hydrogen) atoms. The number of carbonyl (C=O) groups is 4. The molecule has 1 heterocycles. The fourth-order valence-electron chi connectivity index (χ4n) is 2.63. The van der Waals surface area contributed by atoms with Crippen LogP contribution >= 0.6 is 0 Å². The van der Waals surface area contributed by atoms with Gasteiger partial charge in [-0.1, -0.05) is 0 Å². The lowest BCUT2D eigenvalue weighted by Gasteiger charge is -2.45. The van der Waals surface area contributed by atoms with E-state index in [1.54, 1.807) is 0 Å². The molecular weight excluding hydrogens is 386 g/mol. The van der Waals surface area contributed by atoms with Crippen molar-refractivity contribution in [3.63, 3.8) is 0 Å². The van der Waals surface area contributed by atoms with Gasteiger partial charge in [-0.15, -0.1) is 0 Å². The maximum absolute atomic E-state index is 11.5. The number of nitrogens with one attached hydrogen (secondary N) is 1. The summed E-state index contributed by atoms with van der Waals surface area (Å²) < 4.78 is 14.5. The summed E-state index contributed by atoms with van der Waals surface area (Å²) in [7, 11) is 0. The SMILES string of the molecule is CC(=O)OCC(OC(C)=O)C(O)[C@@H]1OC(O)(C(=O)O)C[C@H](O)[C@H]1NC(=O)CO. The zero-order chi connectivity index (χ0) is 21.6. The van der Waals surface area contributed by atoms with Crippen LogP contribution in [0.2, 0.25) is 0 Å². The number of carboxylic acids is 1. The molecule has 1 fully saturated rings. The van der Waals surface area contributed by atoms with E-state index in [0.29, 0.717) is 0 Å². The molecule has 0 bridgehead atoms. The van der Waals surface area contributed by atoms with E-state index in [1.165, 1.54) is 0 Å². The molecule has 13 nitrogen and oxygen atoms in total. The van der Waals surface area contributed by atoms with E-state index in [1.807, 2.05) is 0 Å². The third-order valence-electron chi connectivity index (χ3n) is 3.88. The normalized spacial score (nSPS) is 29.3. The third-order valence-corrected chi connectivity index (χ3v) is 3.88. The monoisotopic (exact) mass is 409 g/mol. The minimum atomic E-state index is -2.92. The Morgan fingerprint density at radius 3 is 2.32 bits per heavy atom. The second-order valence-corrected chi connectivity index (χ2v) is 6.14. The summed E-state index contributed by atoms with van der Waals surface area (Å²) in [6, 6.07) is -1.50. The van der Waals surface area contributed by atoms with Crippen molar-refractivity contribution < 1.29 is 58.9 Å². The zero-order valence-electron chi connectivity index (χ0n) is 15.1. The Morgan fingerprint density at radius 2 is 1.86 bits per heavy atom. The van der Waals surface area contributed by atoms with Gasteiger partial charge < -0.3 is 45.1 Å². The first-order valence-corrected chi connectivity index (χ1v) is 8.11. The average Bonchev–Trinajstić information content (AvgIpc) is 2.59. The lowest BCUT2D eigenvalue weighted by molar-refractivity contribution is -0.295. The van der Waals surface area contributed by atoms with Crippen molar-refractivity contribution in [2.24, 2.45) is 0 Å². The van der Waals surface area contributed by atoms with Crippen LogP contribution in [0.5, 0.6) is 0 Å². The lowest BCUT2D eigenvalue weighted by Crippen LogP contribution is -2.67. The van der Waals surface area contributed by atoms with E-state index >= 15 is 0 Å². The number of esters is 2.